The topological polar surface area (TPSA) is 0 Å². The Labute approximate surface area is 57.6 Å². The number of rotatable bonds is 0. The molecule has 0 atom stereocenters. The van der Waals surface area contributed by atoms with E-state index in [0.29, 0.717) is 0 Å². The summed E-state index contributed by atoms with van der Waals surface area (Å²) in [6.45, 7) is 0. The van der Waals surface area contributed by atoms with Crippen LogP contribution in [0, 0.1) is 11.8 Å². The van der Waals surface area contributed by atoms with E-state index in [0.717, 1.165) is 5.41 Å². The van der Waals surface area contributed by atoms with Crippen LogP contribution >= 0.6 is 0 Å². The van der Waals surface area contributed by atoms with Crippen molar-refractivity contribution in [1.82, 2.24) is 0 Å². The van der Waals surface area contributed by atoms with Crippen LogP contribution < -0.4 is 0 Å². The Balaban J connectivity index is 1.93. The van der Waals surface area contributed by atoms with Crippen LogP contribution in [-0.2, 0) is 0 Å². The molecule has 0 N–H and O–H groups in total. The summed E-state index contributed by atoms with van der Waals surface area (Å²) in [5.74, 6) is 0. The first kappa shape index (κ1) is 5.76. The van der Waals surface area contributed by atoms with Gasteiger partial charge in [0.25, 0.3) is 0 Å². The molecule has 0 aromatic heterocycles. The van der Waals surface area contributed by atoms with Crippen molar-refractivity contribution in [3.63, 3.8) is 0 Å². The first-order valence-corrected chi connectivity index (χ1v) is 4.26. The maximum atomic E-state index is 2.56. The summed E-state index contributed by atoms with van der Waals surface area (Å²) >= 11 is 0. The third-order valence-corrected chi connectivity index (χ3v) is 3.07. The molecule has 0 unspecified atom stereocenters. The summed E-state index contributed by atoms with van der Waals surface area (Å²) in [7, 11) is 0. The van der Waals surface area contributed by atoms with Crippen LogP contribution in [0.25, 0.3) is 0 Å². The molecule has 9 heavy (non-hydrogen) atoms. The smallest absolute Gasteiger partial charge is 0.0266 e. The minimum atomic E-state index is 0.776. The number of hydrogen-bond donors (Lipinski definition) is 0. The fourth-order valence-corrected chi connectivity index (χ4v) is 2.26. The molecule has 0 aliphatic heterocycles. The Morgan fingerprint density at radius 2 is 1.56 bits per heavy atom. The van der Waals surface area contributed by atoms with Crippen LogP contribution in [0.15, 0.2) is 0 Å². The van der Waals surface area contributed by atoms with E-state index < -0.39 is 0 Å². The van der Waals surface area contributed by atoms with Crippen molar-refractivity contribution in [3.8, 4) is 0 Å². The molecule has 2 aliphatic rings. The molecule has 2 aliphatic carbocycles. The molecular weight excluding hydrogens is 108 g/mol. The van der Waals surface area contributed by atoms with Crippen molar-refractivity contribution in [1.29, 1.82) is 0 Å². The molecule has 2 rings (SSSR count). The second kappa shape index (κ2) is 2.00. The van der Waals surface area contributed by atoms with Gasteiger partial charge < -0.3 is 0 Å². The van der Waals surface area contributed by atoms with Crippen LogP contribution in [0.5, 0.6) is 0 Å². The molecule has 0 nitrogen and oxygen atoms in total. The zero-order valence-corrected chi connectivity index (χ0v) is 6.03. The monoisotopic (exact) mass is 123 g/mol. The highest BCUT2D eigenvalue weighted by atomic mass is 14.4. The van der Waals surface area contributed by atoms with Gasteiger partial charge in [-0.15, -0.1) is 0 Å². The van der Waals surface area contributed by atoms with Crippen molar-refractivity contribution in [3.05, 3.63) is 6.42 Å². The highest BCUT2D eigenvalue weighted by molar-refractivity contribution is 5.02. The van der Waals surface area contributed by atoms with E-state index in [4.69, 9.17) is 0 Å². The summed E-state index contributed by atoms with van der Waals surface area (Å²) in [6.07, 6.45) is 13.0. The third-order valence-electron chi connectivity index (χ3n) is 3.07. The first-order valence-electron chi connectivity index (χ1n) is 4.26. The Hall–Kier alpha value is 0. The van der Waals surface area contributed by atoms with Gasteiger partial charge in [-0.05, 0) is 37.5 Å². The quantitative estimate of drug-likeness (QED) is 0.464. The molecule has 0 aromatic carbocycles. The van der Waals surface area contributed by atoms with E-state index in [1.165, 1.54) is 44.9 Å². The predicted molar refractivity (Wildman–Crippen MR) is 39.1 cm³/mol. The van der Waals surface area contributed by atoms with E-state index in [9.17, 15) is 0 Å². The van der Waals surface area contributed by atoms with Crippen molar-refractivity contribution < 1.29 is 0 Å². The molecule has 51 valence electrons. The van der Waals surface area contributed by atoms with Gasteiger partial charge in [0.15, 0.2) is 0 Å². The van der Waals surface area contributed by atoms with Gasteiger partial charge >= 0.3 is 0 Å². The fraction of sp³-hybridized carbons (Fsp3) is 0.889. The molecule has 2 saturated carbocycles. The molecule has 0 amide bonds. The van der Waals surface area contributed by atoms with Gasteiger partial charge in [-0.1, -0.05) is 19.3 Å². The number of hydrogen-bond acceptors (Lipinski definition) is 0. The van der Waals surface area contributed by atoms with Crippen molar-refractivity contribution in [2.24, 2.45) is 5.41 Å². The molecule has 1 radical (unpaired) electrons. The summed E-state index contributed by atoms with van der Waals surface area (Å²) in [6, 6.07) is 0. The molecule has 0 heterocycles. The maximum absolute atomic E-state index is 2.56. The van der Waals surface area contributed by atoms with Gasteiger partial charge in [-0.2, -0.15) is 0 Å². The Morgan fingerprint density at radius 1 is 0.889 bits per heavy atom. The lowest BCUT2D eigenvalue weighted by Crippen LogP contribution is -2.32. The SMILES string of the molecule is [CH]1CCC12CCCCC2. The lowest BCUT2D eigenvalue weighted by Gasteiger charge is -2.44. The standard InChI is InChI=1S/C9H15/c1-2-5-9(6-3-1)7-4-8-9/h7H,1-6,8H2. The van der Waals surface area contributed by atoms with Crippen LogP contribution in [0.2, 0.25) is 0 Å². The van der Waals surface area contributed by atoms with Gasteiger partial charge in [0.2, 0.25) is 0 Å². The fourth-order valence-electron chi connectivity index (χ4n) is 2.26. The van der Waals surface area contributed by atoms with Gasteiger partial charge in [-0.3, -0.25) is 0 Å². The zero-order valence-electron chi connectivity index (χ0n) is 6.03. The summed E-state index contributed by atoms with van der Waals surface area (Å²) < 4.78 is 0. The molecular formula is C9H15. The van der Waals surface area contributed by atoms with Gasteiger partial charge in [0, 0.05) is 0 Å². The zero-order chi connectivity index (χ0) is 6.16. The molecule has 0 bridgehead atoms. The Bertz CT molecular complexity index is 92.6. The lowest BCUT2D eigenvalue weighted by molar-refractivity contribution is 0.152. The second-order valence-corrected chi connectivity index (χ2v) is 3.67. The Morgan fingerprint density at radius 3 is 1.89 bits per heavy atom. The van der Waals surface area contributed by atoms with Crippen LogP contribution in [-0.4, -0.2) is 0 Å². The lowest BCUT2D eigenvalue weighted by atomic mass is 9.61. The van der Waals surface area contributed by atoms with E-state index in [2.05, 4.69) is 6.42 Å². The van der Waals surface area contributed by atoms with Gasteiger partial charge in [-0.25, -0.2) is 0 Å². The van der Waals surface area contributed by atoms with E-state index in [1.54, 1.807) is 0 Å². The van der Waals surface area contributed by atoms with Gasteiger partial charge in [0.05, 0.1) is 0 Å². The van der Waals surface area contributed by atoms with Crippen LogP contribution in [0.3, 0.4) is 0 Å². The van der Waals surface area contributed by atoms with E-state index in [1.807, 2.05) is 0 Å². The average molecular weight is 123 g/mol. The maximum Gasteiger partial charge on any atom is -0.0266 e. The van der Waals surface area contributed by atoms with Crippen molar-refractivity contribution >= 4 is 0 Å². The molecule has 0 heteroatoms. The van der Waals surface area contributed by atoms with Crippen molar-refractivity contribution in [2.75, 3.05) is 0 Å². The summed E-state index contributed by atoms with van der Waals surface area (Å²) in [5, 5.41) is 0. The van der Waals surface area contributed by atoms with Crippen LogP contribution in [0.4, 0.5) is 0 Å². The second-order valence-electron chi connectivity index (χ2n) is 3.67. The molecule has 1 spiro atoms. The summed E-state index contributed by atoms with van der Waals surface area (Å²) in [5.41, 5.74) is 0.776. The molecule has 0 aromatic rings. The molecule has 2 fully saturated rings. The highest BCUT2D eigenvalue weighted by Crippen LogP contribution is 2.50. The Kier molecular flexibility index (Phi) is 1.28. The van der Waals surface area contributed by atoms with E-state index >= 15 is 0 Å². The predicted octanol–water partition coefficient (Wildman–Crippen LogP) is 2.93. The minimum Gasteiger partial charge on any atom is -0.0533 e. The van der Waals surface area contributed by atoms with Crippen molar-refractivity contribution in [2.45, 2.75) is 44.9 Å². The van der Waals surface area contributed by atoms with E-state index in [-0.39, 0.29) is 0 Å². The largest absolute Gasteiger partial charge is 0.0533 e. The third kappa shape index (κ3) is 0.889. The molecule has 0 saturated heterocycles. The minimum absolute atomic E-state index is 0.776. The van der Waals surface area contributed by atoms with Crippen LogP contribution in [0.1, 0.15) is 44.9 Å². The van der Waals surface area contributed by atoms with Gasteiger partial charge in [0.1, 0.15) is 0 Å². The summed E-state index contributed by atoms with van der Waals surface area (Å²) in [4.78, 5) is 0. The normalized spacial score (nSPS) is 32.0. The average Bonchev–Trinajstić information content (AvgIpc) is 1.87. The first-order chi connectivity index (χ1) is 4.41. The highest BCUT2D eigenvalue weighted by Gasteiger charge is 2.37.